The van der Waals surface area contributed by atoms with Crippen molar-refractivity contribution in [1.29, 1.82) is 0 Å². The highest BCUT2D eigenvalue weighted by Gasteiger charge is 2.51. The van der Waals surface area contributed by atoms with Gasteiger partial charge in [-0.1, -0.05) is 12.7 Å². The summed E-state index contributed by atoms with van der Waals surface area (Å²) in [5.41, 5.74) is 0.275. The van der Waals surface area contributed by atoms with Gasteiger partial charge in [-0.15, -0.1) is 6.58 Å². The highest BCUT2D eigenvalue weighted by molar-refractivity contribution is 5.88. The highest BCUT2D eigenvalue weighted by atomic mass is 16.6. The van der Waals surface area contributed by atoms with Crippen LogP contribution in [-0.2, 0) is 33.3 Å². The Morgan fingerprint density at radius 1 is 1.19 bits per heavy atom. The van der Waals surface area contributed by atoms with E-state index in [1.54, 1.807) is 6.08 Å². The maximum atomic E-state index is 12.3. The van der Waals surface area contributed by atoms with E-state index in [4.69, 9.17) is 18.9 Å². The molecule has 1 aliphatic heterocycles. The first-order chi connectivity index (χ1) is 12.5. The minimum Gasteiger partial charge on any atom is -0.462 e. The van der Waals surface area contributed by atoms with E-state index < -0.39 is 12.1 Å². The normalized spacial score (nSPS) is 32.2. The van der Waals surface area contributed by atoms with Crippen LogP contribution in [0, 0.1) is 17.8 Å². The zero-order valence-electron chi connectivity index (χ0n) is 14.7. The van der Waals surface area contributed by atoms with Crippen LogP contribution in [-0.4, -0.2) is 49.9 Å². The summed E-state index contributed by atoms with van der Waals surface area (Å²) in [6.45, 7) is 7.83. The van der Waals surface area contributed by atoms with Crippen molar-refractivity contribution in [2.24, 2.45) is 17.8 Å². The fraction of sp³-hybridized carbons (Fsp3) is 0.632. The molecule has 5 atom stereocenters. The van der Waals surface area contributed by atoms with Crippen molar-refractivity contribution < 1.29 is 33.3 Å². The van der Waals surface area contributed by atoms with Crippen molar-refractivity contribution >= 4 is 17.9 Å². The number of hydrogen-bond donors (Lipinski definition) is 0. The molecule has 1 saturated heterocycles. The molecule has 0 aromatic carbocycles. The van der Waals surface area contributed by atoms with Gasteiger partial charge in [0.15, 0.2) is 0 Å². The molecule has 1 heterocycles. The zero-order valence-corrected chi connectivity index (χ0v) is 14.7. The summed E-state index contributed by atoms with van der Waals surface area (Å²) < 4.78 is 21.0. The molecule has 7 heteroatoms. The Labute approximate surface area is 152 Å². The minimum absolute atomic E-state index is 0.114. The summed E-state index contributed by atoms with van der Waals surface area (Å²) in [6, 6.07) is 0. The second-order valence-electron chi connectivity index (χ2n) is 7.13. The topological polar surface area (TPSA) is 88.1 Å². The van der Waals surface area contributed by atoms with Crippen LogP contribution in [0.5, 0.6) is 0 Å². The molecular weight excluding hydrogens is 340 g/mol. The SMILES string of the molecule is C=CCOCC(=C)C(=O)OC1CC2CC1CC2C(=O)OC1COC(=O)C1. The van der Waals surface area contributed by atoms with Crippen molar-refractivity contribution in [2.45, 2.75) is 37.9 Å². The first-order valence-electron chi connectivity index (χ1n) is 8.91. The van der Waals surface area contributed by atoms with Gasteiger partial charge in [-0.25, -0.2) is 4.79 Å². The van der Waals surface area contributed by atoms with Crippen LogP contribution < -0.4 is 0 Å². The molecule has 0 radical (unpaired) electrons. The summed E-state index contributed by atoms with van der Waals surface area (Å²) in [6.07, 6.45) is 3.20. The molecule has 0 amide bonds. The van der Waals surface area contributed by atoms with Crippen molar-refractivity contribution in [2.75, 3.05) is 19.8 Å². The van der Waals surface area contributed by atoms with E-state index >= 15 is 0 Å². The van der Waals surface area contributed by atoms with E-state index in [1.807, 2.05) is 0 Å². The third-order valence-corrected chi connectivity index (χ3v) is 5.26. The number of carbonyl (C=O) groups excluding carboxylic acids is 3. The summed E-state index contributed by atoms with van der Waals surface area (Å²) in [4.78, 5) is 35.5. The van der Waals surface area contributed by atoms with Gasteiger partial charge >= 0.3 is 17.9 Å². The number of cyclic esters (lactones) is 1. The third kappa shape index (κ3) is 4.15. The monoisotopic (exact) mass is 364 g/mol. The molecule has 26 heavy (non-hydrogen) atoms. The van der Waals surface area contributed by atoms with E-state index in [9.17, 15) is 14.4 Å². The molecule has 0 N–H and O–H groups in total. The van der Waals surface area contributed by atoms with E-state index in [0.29, 0.717) is 19.4 Å². The smallest absolute Gasteiger partial charge is 0.336 e. The average molecular weight is 364 g/mol. The highest BCUT2D eigenvalue weighted by Crippen LogP contribution is 2.50. The summed E-state index contributed by atoms with van der Waals surface area (Å²) >= 11 is 0. The Morgan fingerprint density at radius 2 is 2.00 bits per heavy atom. The molecule has 3 aliphatic rings. The predicted molar refractivity (Wildman–Crippen MR) is 89.8 cm³/mol. The molecule has 2 saturated carbocycles. The summed E-state index contributed by atoms with van der Waals surface area (Å²) in [5.74, 6) is -0.941. The minimum atomic E-state index is -0.471. The lowest BCUT2D eigenvalue weighted by Crippen LogP contribution is -2.33. The number of hydrogen-bond acceptors (Lipinski definition) is 7. The Morgan fingerprint density at radius 3 is 2.62 bits per heavy atom. The van der Waals surface area contributed by atoms with Crippen molar-refractivity contribution in [3.63, 3.8) is 0 Å². The Balaban J connectivity index is 1.44. The van der Waals surface area contributed by atoms with Crippen LogP contribution in [0.4, 0.5) is 0 Å². The Hall–Kier alpha value is -2.15. The molecule has 3 rings (SSSR count). The van der Waals surface area contributed by atoms with Crippen LogP contribution in [0.3, 0.4) is 0 Å². The number of ether oxygens (including phenoxy) is 4. The molecule has 0 spiro atoms. The lowest BCUT2D eigenvalue weighted by Gasteiger charge is -2.27. The fourth-order valence-corrected chi connectivity index (χ4v) is 4.02. The maximum absolute atomic E-state index is 12.3. The van der Waals surface area contributed by atoms with Crippen LogP contribution in [0.1, 0.15) is 25.7 Å². The molecule has 7 nitrogen and oxygen atoms in total. The van der Waals surface area contributed by atoms with Gasteiger partial charge in [-0.3, -0.25) is 9.59 Å². The molecular formula is C19H24O7. The van der Waals surface area contributed by atoms with Gasteiger partial charge in [0.05, 0.1) is 31.1 Å². The summed E-state index contributed by atoms with van der Waals surface area (Å²) in [7, 11) is 0. The number of carbonyl (C=O) groups is 3. The lowest BCUT2D eigenvalue weighted by molar-refractivity contribution is -0.158. The number of rotatable bonds is 8. The van der Waals surface area contributed by atoms with Crippen molar-refractivity contribution in [3.8, 4) is 0 Å². The zero-order chi connectivity index (χ0) is 18.7. The molecule has 0 aromatic heterocycles. The molecule has 2 aliphatic carbocycles. The van der Waals surface area contributed by atoms with Gasteiger partial charge in [-0.05, 0) is 31.1 Å². The molecule has 142 valence electrons. The first-order valence-corrected chi connectivity index (χ1v) is 8.91. The molecule has 3 fully saturated rings. The maximum Gasteiger partial charge on any atom is 0.336 e. The van der Waals surface area contributed by atoms with Gasteiger partial charge in [0.1, 0.15) is 18.8 Å². The van der Waals surface area contributed by atoms with Crippen LogP contribution in [0.2, 0.25) is 0 Å². The lowest BCUT2D eigenvalue weighted by atomic mass is 9.87. The largest absolute Gasteiger partial charge is 0.462 e. The third-order valence-electron chi connectivity index (χ3n) is 5.26. The van der Waals surface area contributed by atoms with Crippen LogP contribution in [0.15, 0.2) is 24.8 Å². The molecule has 0 aromatic rings. The van der Waals surface area contributed by atoms with Gasteiger partial charge < -0.3 is 18.9 Å². The fourth-order valence-electron chi connectivity index (χ4n) is 4.02. The van der Waals surface area contributed by atoms with Crippen molar-refractivity contribution in [3.05, 3.63) is 24.8 Å². The van der Waals surface area contributed by atoms with Gasteiger partial charge in [0.25, 0.3) is 0 Å². The van der Waals surface area contributed by atoms with E-state index in [-0.39, 0.29) is 61.0 Å². The van der Waals surface area contributed by atoms with Crippen molar-refractivity contribution in [1.82, 2.24) is 0 Å². The Kier molecular flexibility index (Phi) is 5.76. The van der Waals surface area contributed by atoms with E-state index in [2.05, 4.69) is 13.2 Å². The van der Waals surface area contributed by atoms with Gasteiger partial charge in [0.2, 0.25) is 0 Å². The number of esters is 3. The van der Waals surface area contributed by atoms with E-state index in [1.165, 1.54) is 0 Å². The number of fused-ring (bicyclic) bond motifs is 2. The Bertz CT molecular complexity index is 611. The quantitative estimate of drug-likeness (QED) is 0.212. The van der Waals surface area contributed by atoms with Gasteiger partial charge in [-0.2, -0.15) is 0 Å². The average Bonchev–Trinajstić information content (AvgIpc) is 3.30. The second kappa shape index (κ2) is 8.03. The van der Waals surface area contributed by atoms with E-state index in [0.717, 1.165) is 6.42 Å². The molecule has 5 unspecified atom stereocenters. The van der Waals surface area contributed by atoms with Crippen LogP contribution >= 0.6 is 0 Å². The summed E-state index contributed by atoms with van der Waals surface area (Å²) in [5, 5.41) is 0. The second-order valence-corrected chi connectivity index (χ2v) is 7.13. The predicted octanol–water partition coefficient (Wildman–Crippen LogP) is 1.56. The first kappa shape index (κ1) is 18.6. The van der Waals surface area contributed by atoms with Gasteiger partial charge in [0, 0.05) is 0 Å². The standard InChI is InChI=1S/C19H24O7/c1-3-4-23-9-11(2)18(21)26-16-7-12-5-13(16)6-15(12)19(22)25-14-8-17(20)24-10-14/h3,12-16H,1-2,4-10H2. The van der Waals surface area contributed by atoms with Crippen LogP contribution in [0.25, 0.3) is 0 Å². The molecule has 2 bridgehead atoms.